The second-order valence-electron chi connectivity index (χ2n) is 5.96. The van der Waals surface area contributed by atoms with E-state index in [4.69, 9.17) is 9.47 Å². The SMILES string of the molecule is CN=C(NCc1ccc(OCCOC)cc1)NCc1ccc(C(F)(F)F)cc1.I. The van der Waals surface area contributed by atoms with Crippen molar-refractivity contribution < 1.29 is 22.6 Å². The van der Waals surface area contributed by atoms with Gasteiger partial charge >= 0.3 is 6.18 Å². The molecule has 0 atom stereocenters. The Morgan fingerprint density at radius 3 is 1.86 bits per heavy atom. The van der Waals surface area contributed by atoms with Crippen LogP contribution in [0.3, 0.4) is 0 Å². The summed E-state index contributed by atoms with van der Waals surface area (Å²) in [5.74, 6) is 1.32. The van der Waals surface area contributed by atoms with Crippen LogP contribution in [0.25, 0.3) is 0 Å². The van der Waals surface area contributed by atoms with Crippen molar-refractivity contribution >= 4 is 29.9 Å². The number of aliphatic imine (C=N–C) groups is 1. The van der Waals surface area contributed by atoms with Crippen LogP contribution in [0, 0.1) is 0 Å². The summed E-state index contributed by atoms with van der Waals surface area (Å²) in [5, 5.41) is 6.24. The number of ether oxygens (including phenoxy) is 2. The Morgan fingerprint density at radius 1 is 0.897 bits per heavy atom. The van der Waals surface area contributed by atoms with Gasteiger partial charge in [-0.05, 0) is 35.4 Å². The summed E-state index contributed by atoms with van der Waals surface area (Å²) >= 11 is 0. The molecule has 0 aromatic heterocycles. The summed E-state index contributed by atoms with van der Waals surface area (Å²) < 4.78 is 48.2. The minimum atomic E-state index is -4.33. The van der Waals surface area contributed by atoms with Crippen LogP contribution in [0.15, 0.2) is 53.5 Å². The van der Waals surface area contributed by atoms with Gasteiger partial charge in [-0.1, -0.05) is 24.3 Å². The normalized spacial score (nSPS) is 11.6. The predicted octanol–water partition coefficient (Wildman–Crippen LogP) is 4.21. The van der Waals surface area contributed by atoms with E-state index in [-0.39, 0.29) is 24.0 Å². The maximum atomic E-state index is 12.6. The molecule has 0 saturated carbocycles. The molecule has 2 rings (SSSR count). The van der Waals surface area contributed by atoms with E-state index in [0.717, 1.165) is 29.0 Å². The van der Waals surface area contributed by atoms with Crippen LogP contribution in [-0.2, 0) is 24.0 Å². The van der Waals surface area contributed by atoms with Gasteiger partial charge in [0.1, 0.15) is 12.4 Å². The van der Waals surface area contributed by atoms with Gasteiger partial charge in [-0.2, -0.15) is 13.2 Å². The number of nitrogens with one attached hydrogen (secondary N) is 2. The second-order valence-corrected chi connectivity index (χ2v) is 5.96. The molecule has 29 heavy (non-hydrogen) atoms. The van der Waals surface area contributed by atoms with E-state index in [9.17, 15) is 13.2 Å². The van der Waals surface area contributed by atoms with E-state index in [1.165, 1.54) is 12.1 Å². The molecule has 0 spiro atoms. The highest BCUT2D eigenvalue weighted by molar-refractivity contribution is 14.0. The van der Waals surface area contributed by atoms with Crippen LogP contribution in [-0.4, -0.2) is 33.3 Å². The van der Waals surface area contributed by atoms with Gasteiger partial charge in [-0.25, -0.2) is 0 Å². The molecule has 0 amide bonds. The molecular weight excluding hydrogens is 498 g/mol. The smallest absolute Gasteiger partial charge is 0.416 e. The van der Waals surface area contributed by atoms with Gasteiger partial charge in [0.25, 0.3) is 0 Å². The first kappa shape index (κ1) is 25.0. The zero-order valence-corrected chi connectivity index (χ0v) is 18.6. The Kier molecular flexibility index (Phi) is 10.8. The molecule has 0 saturated heterocycles. The number of nitrogens with zero attached hydrogens (tertiary/aromatic N) is 1. The molecule has 5 nitrogen and oxygen atoms in total. The van der Waals surface area contributed by atoms with E-state index < -0.39 is 11.7 Å². The maximum absolute atomic E-state index is 12.6. The molecule has 160 valence electrons. The molecule has 2 aromatic rings. The fourth-order valence-corrected chi connectivity index (χ4v) is 2.35. The highest BCUT2D eigenvalue weighted by Crippen LogP contribution is 2.29. The lowest BCUT2D eigenvalue weighted by Gasteiger charge is -2.13. The highest BCUT2D eigenvalue weighted by atomic mass is 127. The largest absolute Gasteiger partial charge is 0.491 e. The first-order valence-corrected chi connectivity index (χ1v) is 8.73. The Balaban J connectivity index is 0.00000420. The zero-order valence-electron chi connectivity index (χ0n) is 16.3. The fraction of sp³-hybridized carbons (Fsp3) is 0.350. The van der Waals surface area contributed by atoms with Crippen molar-refractivity contribution in [1.29, 1.82) is 0 Å². The minimum Gasteiger partial charge on any atom is -0.491 e. The highest BCUT2D eigenvalue weighted by Gasteiger charge is 2.29. The molecule has 0 fully saturated rings. The molecular formula is C20H25F3IN3O2. The molecule has 0 radical (unpaired) electrons. The number of hydrogen-bond acceptors (Lipinski definition) is 3. The topological polar surface area (TPSA) is 54.9 Å². The lowest BCUT2D eigenvalue weighted by Crippen LogP contribution is -2.36. The number of alkyl halides is 3. The number of rotatable bonds is 8. The molecule has 2 N–H and O–H groups in total. The maximum Gasteiger partial charge on any atom is 0.416 e. The molecule has 0 aliphatic heterocycles. The molecule has 0 bridgehead atoms. The first-order chi connectivity index (χ1) is 13.4. The molecule has 9 heteroatoms. The van der Waals surface area contributed by atoms with E-state index in [1.54, 1.807) is 14.2 Å². The van der Waals surface area contributed by atoms with Crippen molar-refractivity contribution in [2.45, 2.75) is 19.3 Å². The number of hydrogen-bond donors (Lipinski definition) is 2. The third-order valence-corrected chi connectivity index (χ3v) is 3.90. The Morgan fingerprint density at radius 2 is 1.41 bits per heavy atom. The van der Waals surface area contributed by atoms with Crippen molar-refractivity contribution in [3.8, 4) is 5.75 Å². The summed E-state index contributed by atoms with van der Waals surface area (Å²) in [6.45, 7) is 1.94. The van der Waals surface area contributed by atoms with Crippen LogP contribution in [0.2, 0.25) is 0 Å². The molecule has 2 aromatic carbocycles. The van der Waals surface area contributed by atoms with E-state index in [2.05, 4.69) is 15.6 Å². The quantitative estimate of drug-likeness (QED) is 0.236. The van der Waals surface area contributed by atoms with Crippen molar-refractivity contribution in [3.05, 3.63) is 65.2 Å². The predicted molar refractivity (Wildman–Crippen MR) is 118 cm³/mol. The van der Waals surface area contributed by atoms with Gasteiger partial charge in [0.05, 0.1) is 12.2 Å². The van der Waals surface area contributed by atoms with Gasteiger partial charge < -0.3 is 20.1 Å². The van der Waals surface area contributed by atoms with Crippen molar-refractivity contribution in [3.63, 3.8) is 0 Å². The third kappa shape index (κ3) is 8.90. The van der Waals surface area contributed by atoms with Crippen LogP contribution >= 0.6 is 24.0 Å². The molecule has 0 aliphatic carbocycles. The summed E-state index contributed by atoms with van der Waals surface area (Å²) in [6.07, 6.45) is -4.33. The Labute approximate surface area is 185 Å². The number of methoxy groups -OCH3 is 1. The number of halogens is 4. The number of guanidine groups is 1. The fourth-order valence-electron chi connectivity index (χ4n) is 2.35. The average Bonchev–Trinajstić information content (AvgIpc) is 2.69. The second kappa shape index (κ2) is 12.5. The van der Waals surface area contributed by atoms with Gasteiger partial charge in [0.2, 0.25) is 0 Å². The summed E-state index contributed by atoms with van der Waals surface area (Å²) in [5.41, 5.74) is 1.11. The van der Waals surface area contributed by atoms with Crippen molar-refractivity contribution in [1.82, 2.24) is 10.6 Å². The summed E-state index contributed by atoms with van der Waals surface area (Å²) in [7, 11) is 3.26. The lowest BCUT2D eigenvalue weighted by molar-refractivity contribution is -0.137. The van der Waals surface area contributed by atoms with Crippen LogP contribution < -0.4 is 15.4 Å². The molecule has 0 heterocycles. The van der Waals surface area contributed by atoms with E-state index in [1.807, 2.05) is 24.3 Å². The van der Waals surface area contributed by atoms with Crippen molar-refractivity contribution in [2.24, 2.45) is 4.99 Å². The van der Waals surface area contributed by atoms with E-state index >= 15 is 0 Å². The van der Waals surface area contributed by atoms with E-state index in [0.29, 0.717) is 32.3 Å². The third-order valence-electron chi connectivity index (χ3n) is 3.90. The van der Waals surface area contributed by atoms with Gasteiger partial charge in [-0.3, -0.25) is 4.99 Å². The zero-order chi connectivity index (χ0) is 20.4. The van der Waals surface area contributed by atoms with Crippen LogP contribution in [0.4, 0.5) is 13.2 Å². The summed E-state index contributed by atoms with van der Waals surface area (Å²) in [6, 6.07) is 12.7. The van der Waals surface area contributed by atoms with Gasteiger partial charge in [-0.15, -0.1) is 24.0 Å². The van der Waals surface area contributed by atoms with Gasteiger partial charge in [0.15, 0.2) is 5.96 Å². The van der Waals surface area contributed by atoms with Crippen LogP contribution in [0.1, 0.15) is 16.7 Å². The standard InChI is InChI=1S/C20H24F3N3O2.HI/c1-24-19(25-13-15-3-7-17(8-4-15)20(21,22)23)26-14-16-5-9-18(10-6-16)28-12-11-27-2;/h3-10H,11-14H2,1-2H3,(H2,24,25,26);1H. The van der Waals surface area contributed by atoms with Crippen molar-refractivity contribution in [2.75, 3.05) is 27.4 Å². The lowest BCUT2D eigenvalue weighted by atomic mass is 10.1. The monoisotopic (exact) mass is 523 g/mol. The Hall–Kier alpha value is -2.01. The van der Waals surface area contributed by atoms with Gasteiger partial charge in [0, 0.05) is 27.2 Å². The average molecular weight is 523 g/mol. The first-order valence-electron chi connectivity index (χ1n) is 8.73. The Bertz CT molecular complexity index is 751. The molecule has 0 aliphatic rings. The van der Waals surface area contributed by atoms with Crippen LogP contribution in [0.5, 0.6) is 5.75 Å². The number of benzene rings is 2. The minimum absolute atomic E-state index is 0. The molecule has 0 unspecified atom stereocenters. The summed E-state index contributed by atoms with van der Waals surface area (Å²) in [4.78, 5) is 4.12.